The minimum Gasteiger partial charge on any atom is -0.358 e. The molecule has 0 aliphatic heterocycles. The van der Waals surface area contributed by atoms with Crippen LogP contribution in [0.15, 0.2) is 0 Å². The van der Waals surface area contributed by atoms with Crippen molar-refractivity contribution in [1.29, 1.82) is 0 Å². The number of hydrogen-bond acceptors (Lipinski definition) is 3. The molecular weight excluding hydrogens is 162 g/mol. The Morgan fingerprint density at radius 3 is 2.36 bits per heavy atom. The molecule has 3 nitrogen and oxygen atoms in total. The van der Waals surface area contributed by atoms with Gasteiger partial charge >= 0.3 is 0 Å². The van der Waals surface area contributed by atoms with Gasteiger partial charge in [0.15, 0.2) is 5.62 Å². The Kier molecular flexibility index (Phi) is 4.94. The average molecular weight is 175 g/mol. The lowest BCUT2D eigenvalue weighted by molar-refractivity contribution is -0.120. The minimum absolute atomic E-state index is 0.0860. The molecule has 0 heterocycles. The van der Waals surface area contributed by atoms with E-state index in [-0.39, 0.29) is 17.1 Å². The molecule has 0 spiro atoms. The van der Waals surface area contributed by atoms with Crippen molar-refractivity contribution in [3.8, 4) is 0 Å². The second-order valence-electron chi connectivity index (χ2n) is 2.51. The molecule has 64 valence electrons. The SMILES string of the molecule is CNC(=O)C(SC=O)C(C)C. The Bertz CT molecular complexity index is 147. The minimum atomic E-state index is -0.252. The van der Waals surface area contributed by atoms with Gasteiger partial charge in [-0.15, -0.1) is 0 Å². The van der Waals surface area contributed by atoms with Crippen molar-refractivity contribution in [2.45, 2.75) is 19.1 Å². The molecule has 1 amide bonds. The van der Waals surface area contributed by atoms with Crippen LogP contribution < -0.4 is 5.32 Å². The molecule has 0 aromatic carbocycles. The first kappa shape index (κ1) is 10.5. The zero-order valence-corrected chi connectivity index (χ0v) is 7.77. The molecule has 1 N–H and O–H groups in total. The molecule has 0 saturated heterocycles. The molecule has 0 bridgehead atoms. The Morgan fingerprint density at radius 2 is 2.09 bits per heavy atom. The van der Waals surface area contributed by atoms with Gasteiger partial charge in [0.2, 0.25) is 5.91 Å². The second kappa shape index (κ2) is 5.18. The topological polar surface area (TPSA) is 46.2 Å². The molecule has 0 rings (SSSR count). The summed E-state index contributed by atoms with van der Waals surface area (Å²) in [6.07, 6.45) is 0. The van der Waals surface area contributed by atoms with E-state index < -0.39 is 0 Å². The summed E-state index contributed by atoms with van der Waals surface area (Å²) in [7, 11) is 1.57. The van der Waals surface area contributed by atoms with Gasteiger partial charge in [0.1, 0.15) is 0 Å². The van der Waals surface area contributed by atoms with Crippen LogP contribution in [0, 0.1) is 5.92 Å². The standard InChI is InChI=1S/C7H13NO2S/c1-5(2)6(11-4-9)7(10)8-3/h4-6H,1-3H3,(H,8,10). The molecule has 0 aromatic heterocycles. The maximum atomic E-state index is 11.1. The number of hydrogen-bond donors (Lipinski definition) is 1. The van der Waals surface area contributed by atoms with E-state index in [0.717, 1.165) is 11.8 Å². The predicted octanol–water partition coefficient (Wildman–Crippen LogP) is 0.680. The zero-order valence-electron chi connectivity index (χ0n) is 6.96. The second-order valence-corrected chi connectivity index (χ2v) is 3.48. The van der Waals surface area contributed by atoms with Gasteiger partial charge in [-0.05, 0) is 5.92 Å². The van der Waals surface area contributed by atoms with Crippen molar-refractivity contribution < 1.29 is 9.59 Å². The lowest BCUT2D eigenvalue weighted by Crippen LogP contribution is -2.33. The van der Waals surface area contributed by atoms with Crippen LogP contribution in [0.25, 0.3) is 0 Å². The molecular formula is C7H13NO2S. The summed E-state index contributed by atoms with van der Waals surface area (Å²) >= 11 is 1.02. The Balaban J connectivity index is 4.08. The van der Waals surface area contributed by atoms with Crippen LogP contribution in [0.3, 0.4) is 0 Å². The smallest absolute Gasteiger partial charge is 0.233 e. The van der Waals surface area contributed by atoms with E-state index in [1.165, 1.54) is 0 Å². The highest BCUT2D eigenvalue weighted by Crippen LogP contribution is 2.16. The summed E-state index contributed by atoms with van der Waals surface area (Å²) < 4.78 is 0. The van der Waals surface area contributed by atoms with Crippen LogP contribution in [-0.2, 0) is 9.59 Å². The zero-order chi connectivity index (χ0) is 8.85. The molecule has 1 unspecified atom stereocenters. The third-order valence-corrected chi connectivity index (χ3v) is 2.48. The lowest BCUT2D eigenvalue weighted by Gasteiger charge is -2.14. The van der Waals surface area contributed by atoms with Gasteiger partial charge in [-0.25, -0.2) is 0 Å². The summed E-state index contributed by atoms with van der Waals surface area (Å²) in [5.41, 5.74) is 0.708. The normalized spacial score (nSPS) is 12.7. The third kappa shape index (κ3) is 3.41. The number of amides is 1. The van der Waals surface area contributed by atoms with Crippen molar-refractivity contribution in [2.75, 3.05) is 7.05 Å². The summed E-state index contributed by atoms with van der Waals surface area (Å²) in [5, 5.41) is 2.26. The average Bonchev–Trinajstić information content (AvgIpc) is 1.98. The summed E-state index contributed by atoms with van der Waals surface area (Å²) in [5.74, 6) is 0.0993. The lowest BCUT2D eigenvalue weighted by atomic mass is 10.1. The number of carbonyl (C=O) groups excluding carboxylic acids is 2. The highest BCUT2D eigenvalue weighted by atomic mass is 32.2. The predicted molar refractivity (Wildman–Crippen MR) is 47.0 cm³/mol. The van der Waals surface area contributed by atoms with Gasteiger partial charge in [-0.1, -0.05) is 25.6 Å². The number of nitrogens with one attached hydrogen (secondary N) is 1. The molecule has 0 fully saturated rings. The molecule has 0 saturated carbocycles. The Hall–Kier alpha value is -0.510. The van der Waals surface area contributed by atoms with Crippen LogP contribution in [0.1, 0.15) is 13.8 Å². The molecule has 0 aliphatic rings. The van der Waals surface area contributed by atoms with Crippen LogP contribution in [0.5, 0.6) is 0 Å². The van der Waals surface area contributed by atoms with Gasteiger partial charge in [0, 0.05) is 7.05 Å². The highest BCUT2D eigenvalue weighted by molar-refractivity contribution is 8.13. The van der Waals surface area contributed by atoms with E-state index >= 15 is 0 Å². The maximum Gasteiger partial charge on any atom is 0.233 e. The number of thioether (sulfide) groups is 1. The van der Waals surface area contributed by atoms with Crippen LogP contribution in [-0.4, -0.2) is 23.8 Å². The summed E-state index contributed by atoms with van der Waals surface area (Å²) in [4.78, 5) is 21.2. The first-order valence-electron chi connectivity index (χ1n) is 3.44. The molecule has 1 atom stereocenters. The van der Waals surface area contributed by atoms with E-state index in [4.69, 9.17) is 0 Å². The molecule has 0 aliphatic carbocycles. The highest BCUT2D eigenvalue weighted by Gasteiger charge is 2.20. The van der Waals surface area contributed by atoms with Crippen LogP contribution >= 0.6 is 11.8 Å². The number of carbonyl (C=O) groups is 2. The van der Waals surface area contributed by atoms with Crippen LogP contribution in [0.4, 0.5) is 0 Å². The van der Waals surface area contributed by atoms with E-state index in [9.17, 15) is 9.59 Å². The fourth-order valence-electron chi connectivity index (χ4n) is 0.724. The Labute approximate surface area is 70.9 Å². The van der Waals surface area contributed by atoms with E-state index in [2.05, 4.69) is 5.32 Å². The van der Waals surface area contributed by atoms with Crippen molar-refractivity contribution in [2.24, 2.45) is 5.92 Å². The van der Waals surface area contributed by atoms with E-state index in [0.29, 0.717) is 5.62 Å². The van der Waals surface area contributed by atoms with Gasteiger partial charge in [0.05, 0.1) is 5.25 Å². The molecule has 4 heteroatoms. The first-order chi connectivity index (χ1) is 5.13. The van der Waals surface area contributed by atoms with Crippen molar-refractivity contribution in [3.63, 3.8) is 0 Å². The quantitative estimate of drug-likeness (QED) is 0.639. The van der Waals surface area contributed by atoms with Crippen LogP contribution in [0.2, 0.25) is 0 Å². The number of rotatable bonds is 4. The first-order valence-corrected chi connectivity index (χ1v) is 4.38. The molecule has 0 aromatic rings. The van der Waals surface area contributed by atoms with Gasteiger partial charge in [-0.2, -0.15) is 0 Å². The third-order valence-electron chi connectivity index (χ3n) is 1.31. The van der Waals surface area contributed by atoms with E-state index in [1.54, 1.807) is 7.05 Å². The van der Waals surface area contributed by atoms with Gasteiger partial charge in [0.25, 0.3) is 0 Å². The summed E-state index contributed by atoms with van der Waals surface area (Å²) in [6, 6.07) is 0. The van der Waals surface area contributed by atoms with Crippen molar-refractivity contribution >= 4 is 23.3 Å². The maximum absolute atomic E-state index is 11.1. The van der Waals surface area contributed by atoms with Crippen molar-refractivity contribution in [3.05, 3.63) is 0 Å². The monoisotopic (exact) mass is 175 g/mol. The fraction of sp³-hybridized carbons (Fsp3) is 0.714. The molecule has 0 radical (unpaired) electrons. The molecule has 11 heavy (non-hydrogen) atoms. The van der Waals surface area contributed by atoms with Gasteiger partial charge < -0.3 is 5.32 Å². The fourth-order valence-corrected chi connectivity index (χ4v) is 1.40. The Morgan fingerprint density at radius 1 is 1.55 bits per heavy atom. The van der Waals surface area contributed by atoms with E-state index in [1.807, 2.05) is 13.8 Å². The largest absolute Gasteiger partial charge is 0.358 e. The summed E-state index contributed by atoms with van der Waals surface area (Å²) in [6.45, 7) is 3.83. The van der Waals surface area contributed by atoms with Crippen molar-refractivity contribution in [1.82, 2.24) is 5.32 Å². The van der Waals surface area contributed by atoms with Gasteiger partial charge in [-0.3, -0.25) is 9.59 Å².